The van der Waals surface area contributed by atoms with E-state index in [1.54, 1.807) is 0 Å². The molecule has 32 heavy (non-hydrogen) atoms. The second-order valence-corrected chi connectivity index (χ2v) is 15.3. The van der Waals surface area contributed by atoms with Gasteiger partial charge in [-0.05, 0) is 49.9 Å². The molecule has 3 atom stereocenters. The Morgan fingerprint density at radius 2 is 1.97 bits per heavy atom. The lowest BCUT2D eigenvalue weighted by atomic mass is 9.90. The molecular formula is C27H40O4Si. The minimum absolute atomic E-state index is 0.0424. The van der Waals surface area contributed by atoms with Crippen molar-refractivity contribution in [2.24, 2.45) is 11.8 Å². The molecular weight excluding hydrogens is 416 g/mol. The fourth-order valence-corrected chi connectivity index (χ4v) is 5.26. The van der Waals surface area contributed by atoms with Crippen LogP contribution in [0.5, 0.6) is 0 Å². The van der Waals surface area contributed by atoms with Crippen molar-refractivity contribution in [3.63, 3.8) is 0 Å². The van der Waals surface area contributed by atoms with Crippen LogP contribution in [0.1, 0.15) is 64.0 Å². The first-order valence-electron chi connectivity index (χ1n) is 11.7. The summed E-state index contributed by atoms with van der Waals surface area (Å²) in [7, 11) is -2.01. The van der Waals surface area contributed by atoms with Crippen molar-refractivity contribution in [3.8, 4) is 0 Å². The van der Waals surface area contributed by atoms with Crippen LogP contribution in [0.25, 0.3) is 6.08 Å². The molecule has 0 bridgehead atoms. The Hall–Kier alpha value is -1.98. The number of carboxylic acids is 1. The number of benzene rings is 1. The van der Waals surface area contributed by atoms with Crippen molar-refractivity contribution in [2.45, 2.75) is 84.0 Å². The zero-order valence-corrected chi connectivity index (χ0v) is 21.6. The third kappa shape index (κ3) is 7.56. The van der Waals surface area contributed by atoms with Crippen LogP contribution in [0.4, 0.5) is 0 Å². The van der Waals surface area contributed by atoms with E-state index in [9.17, 15) is 9.59 Å². The van der Waals surface area contributed by atoms with Crippen molar-refractivity contribution in [3.05, 3.63) is 53.6 Å². The molecule has 2 rings (SSSR count). The van der Waals surface area contributed by atoms with Crippen LogP contribution in [0, 0.1) is 18.8 Å². The number of Topliss-reactive ketones (excluding diaryl/α,β-unsaturated/α-hetero) is 1. The largest absolute Gasteiger partial charge is 0.481 e. The first-order chi connectivity index (χ1) is 14.9. The molecule has 5 heteroatoms. The summed E-state index contributed by atoms with van der Waals surface area (Å²) in [6.07, 6.45) is 10.9. The van der Waals surface area contributed by atoms with Crippen LogP contribution in [0.2, 0.25) is 18.1 Å². The third-order valence-corrected chi connectivity index (χ3v) is 11.3. The highest BCUT2D eigenvalue weighted by molar-refractivity contribution is 6.74. The number of aliphatic carboxylic acids is 1. The Bertz CT molecular complexity index is 847. The zero-order chi connectivity index (χ0) is 23.9. The molecule has 0 saturated heterocycles. The molecule has 176 valence electrons. The van der Waals surface area contributed by atoms with Gasteiger partial charge >= 0.3 is 5.97 Å². The fourth-order valence-electron chi connectivity index (χ4n) is 3.91. The average Bonchev–Trinajstić information content (AvgIpc) is 2.95. The number of carbonyl (C=O) groups is 2. The first kappa shape index (κ1) is 26.3. The summed E-state index contributed by atoms with van der Waals surface area (Å²) in [6, 6.07) is 8.36. The van der Waals surface area contributed by atoms with Crippen molar-refractivity contribution in [1.82, 2.24) is 0 Å². The van der Waals surface area contributed by atoms with E-state index in [2.05, 4.69) is 77.2 Å². The Morgan fingerprint density at radius 1 is 1.25 bits per heavy atom. The summed E-state index contributed by atoms with van der Waals surface area (Å²) >= 11 is 0. The Balaban J connectivity index is 2.19. The molecule has 0 radical (unpaired) electrons. The maximum absolute atomic E-state index is 13.0. The molecule has 1 N–H and O–H groups in total. The lowest BCUT2D eigenvalue weighted by Crippen LogP contribution is -2.45. The Labute approximate surface area is 194 Å². The van der Waals surface area contributed by atoms with Crippen LogP contribution in [-0.4, -0.2) is 31.3 Å². The lowest BCUT2D eigenvalue weighted by molar-refractivity contribution is -0.137. The zero-order valence-electron chi connectivity index (χ0n) is 20.6. The van der Waals surface area contributed by atoms with Crippen molar-refractivity contribution >= 4 is 26.1 Å². The van der Waals surface area contributed by atoms with Crippen LogP contribution in [0.3, 0.4) is 0 Å². The van der Waals surface area contributed by atoms with E-state index < -0.39 is 14.3 Å². The van der Waals surface area contributed by atoms with Gasteiger partial charge in [-0.15, -0.1) is 0 Å². The van der Waals surface area contributed by atoms with Crippen molar-refractivity contribution in [2.75, 3.05) is 0 Å². The summed E-state index contributed by atoms with van der Waals surface area (Å²) in [4.78, 5) is 23.7. The highest BCUT2D eigenvalue weighted by atomic mass is 28.4. The van der Waals surface area contributed by atoms with Crippen molar-refractivity contribution < 1.29 is 19.1 Å². The smallest absolute Gasteiger partial charge is 0.303 e. The van der Waals surface area contributed by atoms with Gasteiger partial charge in [0.2, 0.25) is 0 Å². The lowest BCUT2D eigenvalue weighted by Gasteiger charge is -2.39. The average molecular weight is 457 g/mol. The molecule has 1 unspecified atom stereocenters. The van der Waals surface area contributed by atoms with Crippen LogP contribution < -0.4 is 0 Å². The minimum atomic E-state index is -2.01. The van der Waals surface area contributed by atoms with Gasteiger partial charge in [0.25, 0.3) is 0 Å². The summed E-state index contributed by atoms with van der Waals surface area (Å²) in [5.41, 5.74) is 2.35. The predicted octanol–water partition coefficient (Wildman–Crippen LogP) is 6.81. The van der Waals surface area contributed by atoms with E-state index in [1.807, 2.05) is 12.2 Å². The number of unbranched alkanes of at least 4 members (excludes halogenated alkanes) is 1. The number of hydrogen-bond acceptors (Lipinski definition) is 3. The van der Waals surface area contributed by atoms with E-state index in [1.165, 1.54) is 5.56 Å². The molecule has 1 aliphatic carbocycles. The van der Waals surface area contributed by atoms with Crippen LogP contribution >= 0.6 is 0 Å². The molecule has 1 fully saturated rings. The maximum Gasteiger partial charge on any atom is 0.303 e. The second kappa shape index (κ2) is 11.2. The number of carboxylic acid groups (broad SMARTS) is 1. The van der Waals surface area contributed by atoms with Crippen LogP contribution in [0.15, 0.2) is 42.5 Å². The molecule has 0 spiro atoms. The van der Waals surface area contributed by atoms with Gasteiger partial charge in [-0.25, -0.2) is 0 Å². The van der Waals surface area contributed by atoms with E-state index >= 15 is 0 Å². The first-order valence-corrected chi connectivity index (χ1v) is 14.6. The number of carbonyl (C=O) groups excluding carboxylic acids is 1. The maximum atomic E-state index is 13.0. The summed E-state index contributed by atoms with van der Waals surface area (Å²) in [5, 5.41) is 8.86. The number of hydrogen-bond donors (Lipinski definition) is 1. The van der Waals surface area contributed by atoms with Gasteiger partial charge in [-0.3, -0.25) is 9.59 Å². The Morgan fingerprint density at radius 3 is 2.59 bits per heavy atom. The molecule has 1 aliphatic rings. The standard InChI is InChI=1S/C27H40O4Si/c1-20-12-11-13-21(18-20)16-17-23-22(14-9-7-8-10-15-26(29)30)24(28)19-25(23)31-32(5,6)27(2,3)4/h7,9,11-13,16-18,22-23,25H,8,10,14-15,19H2,1-6H3,(H,29,30)/t22?,23-,25-/m1/s1. The van der Waals surface area contributed by atoms with Gasteiger partial charge < -0.3 is 9.53 Å². The number of rotatable bonds is 10. The molecule has 0 aliphatic heterocycles. The van der Waals surface area contributed by atoms with E-state index in [0.717, 1.165) is 12.0 Å². The number of allylic oxidation sites excluding steroid dienone is 2. The highest BCUT2D eigenvalue weighted by Crippen LogP contribution is 2.43. The number of aryl methyl sites for hydroxylation is 1. The van der Waals surface area contributed by atoms with Gasteiger partial charge in [-0.2, -0.15) is 0 Å². The van der Waals surface area contributed by atoms with Crippen LogP contribution in [-0.2, 0) is 14.0 Å². The molecule has 0 heterocycles. The molecule has 0 aromatic heterocycles. The van der Waals surface area contributed by atoms with E-state index in [-0.39, 0.29) is 35.2 Å². The monoisotopic (exact) mass is 456 g/mol. The van der Waals surface area contributed by atoms with E-state index in [0.29, 0.717) is 19.3 Å². The SMILES string of the molecule is Cc1cccc(C=C[C@@H]2C(CC=CCCCC(=O)O)C(=O)C[C@H]2O[Si](C)(C)C(C)(C)C)c1. The minimum Gasteiger partial charge on any atom is -0.481 e. The molecule has 1 aromatic carbocycles. The van der Waals surface area contributed by atoms with Gasteiger partial charge in [0.1, 0.15) is 5.78 Å². The van der Waals surface area contributed by atoms with Gasteiger partial charge in [0, 0.05) is 24.7 Å². The molecule has 4 nitrogen and oxygen atoms in total. The summed E-state index contributed by atoms with van der Waals surface area (Å²) in [5.74, 6) is -0.554. The topological polar surface area (TPSA) is 63.6 Å². The summed E-state index contributed by atoms with van der Waals surface area (Å²) < 4.78 is 6.74. The van der Waals surface area contributed by atoms with Gasteiger partial charge in [0.05, 0.1) is 6.10 Å². The Kier molecular flexibility index (Phi) is 9.23. The predicted molar refractivity (Wildman–Crippen MR) is 134 cm³/mol. The second-order valence-electron chi connectivity index (χ2n) is 10.5. The quantitative estimate of drug-likeness (QED) is 0.239. The van der Waals surface area contributed by atoms with E-state index in [4.69, 9.17) is 9.53 Å². The third-order valence-electron chi connectivity index (χ3n) is 6.83. The van der Waals surface area contributed by atoms with Gasteiger partial charge in [0.15, 0.2) is 8.32 Å². The highest BCUT2D eigenvalue weighted by Gasteiger charge is 2.46. The molecule has 0 amide bonds. The van der Waals surface area contributed by atoms with Crippen molar-refractivity contribution in [1.29, 1.82) is 0 Å². The number of ketones is 1. The summed E-state index contributed by atoms with van der Waals surface area (Å²) in [6.45, 7) is 13.3. The normalized spacial score (nSPS) is 22.3. The van der Waals surface area contributed by atoms with Gasteiger partial charge in [-0.1, -0.05) is 74.9 Å². The fraction of sp³-hybridized carbons (Fsp3) is 0.556. The molecule has 1 saturated carbocycles. The molecule has 1 aromatic rings.